The van der Waals surface area contributed by atoms with Crippen LogP contribution in [0.1, 0.15) is 28.0 Å². The molecule has 0 bridgehead atoms. The van der Waals surface area contributed by atoms with Crippen molar-refractivity contribution in [1.29, 1.82) is 0 Å². The number of aromatic nitrogens is 1. The number of carbonyl (C=O) groups excluding carboxylic acids is 2. The number of hydrogen-bond donors (Lipinski definition) is 2. The molecule has 1 aliphatic rings. The molecule has 6 heteroatoms. The van der Waals surface area contributed by atoms with Crippen LogP contribution in [0.5, 0.6) is 0 Å². The van der Waals surface area contributed by atoms with Gasteiger partial charge in [-0.3, -0.25) is 19.5 Å². The van der Waals surface area contributed by atoms with Crippen molar-refractivity contribution < 1.29 is 9.59 Å². The Kier molecular flexibility index (Phi) is 5.28. The number of hydrogen-bond acceptors (Lipinski definition) is 4. The third-order valence-corrected chi connectivity index (χ3v) is 4.39. The summed E-state index contributed by atoms with van der Waals surface area (Å²) in [6.07, 6.45) is 0.819. The molecule has 0 saturated carbocycles. The van der Waals surface area contributed by atoms with Crippen LogP contribution in [0.4, 0.5) is 0 Å². The fourth-order valence-corrected chi connectivity index (χ4v) is 3.14. The van der Waals surface area contributed by atoms with Gasteiger partial charge in [-0.05, 0) is 38.5 Å². The van der Waals surface area contributed by atoms with Crippen LogP contribution in [0, 0.1) is 13.8 Å². The highest BCUT2D eigenvalue weighted by Crippen LogP contribution is 2.20. The fourth-order valence-electron chi connectivity index (χ4n) is 3.14. The molecule has 1 aliphatic heterocycles. The van der Waals surface area contributed by atoms with Gasteiger partial charge in [0.15, 0.2) is 0 Å². The van der Waals surface area contributed by atoms with E-state index in [0.717, 1.165) is 41.7 Å². The number of pyridine rings is 1. The molecule has 25 heavy (non-hydrogen) atoms. The number of carbonyl (C=O) groups is 2. The minimum Gasteiger partial charge on any atom is -0.354 e. The molecule has 1 saturated heterocycles. The van der Waals surface area contributed by atoms with Gasteiger partial charge in [0.05, 0.1) is 17.6 Å². The molecule has 6 nitrogen and oxygen atoms in total. The van der Waals surface area contributed by atoms with E-state index >= 15 is 0 Å². The second-order valence-corrected chi connectivity index (χ2v) is 6.57. The molecule has 2 aromatic rings. The molecule has 2 amide bonds. The van der Waals surface area contributed by atoms with E-state index in [4.69, 9.17) is 0 Å². The number of nitrogens with zero attached hydrogens (tertiary/aromatic N) is 2. The van der Waals surface area contributed by atoms with E-state index in [-0.39, 0.29) is 11.8 Å². The Balaban J connectivity index is 1.60. The first-order valence-corrected chi connectivity index (χ1v) is 8.68. The van der Waals surface area contributed by atoms with Crippen molar-refractivity contribution >= 4 is 22.7 Å². The van der Waals surface area contributed by atoms with Gasteiger partial charge in [-0.2, -0.15) is 0 Å². The maximum absolute atomic E-state index is 12.6. The molecule has 2 N–H and O–H groups in total. The van der Waals surface area contributed by atoms with Crippen LogP contribution in [-0.2, 0) is 4.79 Å². The summed E-state index contributed by atoms with van der Waals surface area (Å²) in [4.78, 5) is 30.6. The predicted octanol–water partition coefficient (Wildman–Crippen LogP) is 1.40. The summed E-state index contributed by atoms with van der Waals surface area (Å²) in [6.45, 7) is 7.32. The van der Waals surface area contributed by atoms with Gasteiger partial charge in [-0.1, -0.05) is 11.6 Å². The summed E-state index contributed by atoms with van der Waals surface area (Å²) >= 11 is 0. The van der Waals surface area contributed by atoms with Crippen LogP contribution in [0.3, 0.4) is 0 Å². The van der Waals surface area contributed by atoms with E-state index in [1.165, 1.54) is 0 Å². The van der Waals surface area contributed by atoms with Crippen molar-refractivity contribution in [3.8, 4) is 0 Å². The molecule has 1 aromatic heterocycles. The molecular formula is C19H24N4O2. The summed E-state index contributed by atoms with van der Waals surface area (Å²) < 4.78 is 0. The number of nitrogens with one attached hydrogen (secondary N) is 2. The highest BCUT2D eigenvalue weighted by Gasteiger charge is 2.16. The lowest BCUT2D eigenvalue weighted by Crippen LogP contribution is -2.48. The molecule has 132 valence electrons. The number of aryl methyl sites for hydroxylation is 2. The van der Waals surface area contributed by atoms with Crippen molar-refractivity contribution in [2.24, 2.45) is 0 Å². The standard InChI is InChI=1S/C19H24N4O2/c1-13-4-5-17-15(10-13)16(11-14(2)22-17)19(25)21-6-3-8-23-9-7-20-18(24)12-23/h4-5,10-11H,3,6-9,12H2,1-2H3,(H,20,24)(H,21,25). The zero-order valence-electron chi connectivity index (χ0n) is 14.8. The zero-order valence-corrected chi connectivity index (χ0v) is 14.8. The van der Waals surface area contributed by atoms with Crippen LogP contribution < -0.4 is 10.6 Å². The number of piperazine rings is 1. The molecule has 0 unspecified atom stereocenters. The molecule has 3 rings (SSSR count). The van der Waals surface area contributed by atoms with Crippen LogP contribution >= 0.6 is 0 Å². The zero-order chi connectivity index (χ0) is 17.8. The summed E-state index contributed by atoms with van der Waals surface area (Å²) in [5.74, 6) is 0.00173. The average Bonchev–Trinajstić information content (AvgIpc) is 2.58. The minimum absolute atomic E-state index is 0.0718. The largest absolute Gasteiger partial charge is 0.354 e. The first-order chi connectivity index (χ1) is 12.0. The Morgan fingerprint density at radius 1 is 1.32 bits per heavy atom. The third kappa shape index (κ3) is 4.33. The fraction of sp³-hybridized carbons (Fsp3) is 0.421. The highest BCUT2D eigenvalue weighted by atomic mass is 16.2. The third-order valence-electron chi connectivity index (χ3n) is 4.39. The SMILES string of the molecule is Cc1ccc2nc(C)cc(C(=O)NCCCN3CCNC(=O)C3)c2c1. The summed E-state index contributed by atoms with van der Waals surface area (Å²) in [5, 5.41) is 6.69. The second-order valence-electron chi connectivity index (χ2n) is 6.57. The lowest BCUT2D eigenvalue weighted by molar-refractivity contribution is -0.124. The van der Waals surface area contributed by atoms with Crippen LogP contribution in [0.25, 0.3) is 10.9 Å². The van der Waals surface area contributed by atoms with Gasteiger partial charge in [0.25, 0.3) is 5.91 Å². The molecule has 1 fully saturated rings. The molecule has 2 heterocycles. The Morgan fingerprint density at radius 3 is 2.96 bits per heavy atom. The average molecular weight is 340 g/mol. The quantitative estimate of drug-likeness (QED) is 0.807. The van der Waals surface area contributed by atoms with Crippen molar-refractivity contribution in [1.82, 2.24) is 20.5 Å². The Labute approximate surface area is 147 Å². The molecule has 0 spiro atoms. The van der Waals surface area contributed by atoms with Crippen molar-refractivity contribution in [2.75, 3.05) is 32.7 Å². The van der Waals surface area contributed by atoms with Gasteiger partial charge in [0.1, 0.15) is 0 Å². The topological polar surface area (TPSA) is 74.3 Å². The van der Waals surface area contributed by atoms with Crippen molar-refractivity contribution in [2.45, 2.75) is 20.3 Å². The highest BCUT2D eigenvalue weighted by molar-refractivity contribution is 6.06. The van der Waals surface area contributed by atoms with Gasteiger partial charge in [-0.15, -0.1) is 0 Å². The maximum atomic E-state index is 12.6. The number of benzene rings is 1. The number of rotatable bonds is 5. The first-order valence-electron chi connectivity index (χ1n) is 8.68. The van der Waals surface area contributed by atoms with E-state index in [1.54, 1.807) is 0 Å². The van der Waals surface area contributed by atoms with Crippen LogP contribution in [0.15, 0.2) is 24.3 Å². The summed E-state index contributed by atoms with van der Waals surface area (Å²) in [7, 11) is 0. The first kappa shape index (κ1) is 17.4. The monoisotopic (exact) mass is 340 g/mol. The second kappa shape index (κ2) is 7.61. The molecule has 0 aliphatic carbocycles. The molecular weight excluding hydrogens is 316 g/mol. The maximum Gasteiger partial charge on any atom is 0.252 e. The van der Waals surface area contributed by atoms with Crippen molar-refractivity contribution in [3.63, 3.8) is 0 Å². The van der Waals surface area contributed by atoms with E-state index in [0.29, 0.717) is 25.2 Å². The number of amides is 2. The smallest absolute Gasteiger partial charge is 0.252 e. The van der Waals surface area contributed by atoms with Gasteiger partial charge < -0.3 is 10.6 Å². The van der Waals surface area contributed by atoms with Crippen molar-refractivity contribution in [3.05, 3.63) is 41.1 Å². The Bertz CT molecular complexity index is 803. The van der Waals surface area contributed by atoms with Gasteiger partial charge >= 0.3 is 0 Å². The lowest BCUT2D eigenvalue weighted by Gasteiger charge is -2.26. The van der Waals surface area contributed by atoms with Gasteiger partial charge in [0.2, 0.25) is 5.91 Å². The Morgan fingerprint density at radius 2 is 2.16 bits per heavy atom. The minimum atomic E-state index is -0.0718. The van der Waals surface area contributed by atoms with Crippen LogP contribution in [-0.4, -0.2) is 54.4 Å². The normalized spacial score (nSPS) is 15.2. The molecule has 0 radical (unpaired) electrons. The molecule has 0 atom stereocenters. The van der Waals surface area contributed by atoms with E-state index < -0.39 is 0 Å². The lowest BCUT2D eigenvalue weighted by atomic mass is 10.0. The van der Waals surface area contributed by atoms with Gasteiger partial charge in [0, 0.05) is 37.3 Å². The van der Waals surface area contributed by atoms with E-state index in [1.807, 2.05) is 38.1 Å². The predicted molar refractivity (Wildman–Crippen MR) is 97.6 cm³/mol. The number of fused-ring (bicyclic) bond motifs is 1. The molecule has 1 aromatic carbocycles. The Hall–Kier alpha value is -2.47. The summed E-state index contributed by atoms with van der Waals surface area (Å²) in [5.41, 5.74) is 3.45. The van der Waals surface area contributed by atoms with E-state index in [2.05, 4.69) is 20.5 Å². The van der Waals surface area contributed by atoms with Gasteiger partial charge in [-0.25, -0.2) is 0 Å². The van der Waals surface area contributed by atoms with Crippen LogP contribution in [0.2, 0.25) is 0 Å². The summed E-state index contributed by atoms with van der Waals surface area (Å²) in [6, 6.07) is 7.80. The van der Waals surface area contributed by atoms with E-state index in [9.17, 15) is 9.59 Å².